The van der Waals surface area contributed by atoms with Crippen LogP contribution in [0.4, 0.5) is 8.78 Å². The van der Waals surface area contributed by atoms with Crippen molar-refractivity contribution < 1.29 is 8.78 Å². The molecular formula is C12H15BrF2. The summed E-state index contributed by atoms with van der Waals surface area (Å²) < 4.78 is 25.6. The molecule has 2 atom stereocenters. The summed E-state index contributed by atoms with van der Waals surface area (Å²) in [7, 11) is 0. The lowest BCUT2D eigenvalue weighted by Crippen LogP contribution is -2.12. The minimum atomic E-state index is -0.780. The molecule has 0 spiro atoms. The Balaban J connectivity index is 2.68. The molecule has 84 valence electrons. The van der Waals surface area contributed by atoms with Gasteiger partial charge in [0.2, 0.25) is 0 Å². The Kier molecular flexibility index (Phi) is 4.71. The van der Waals surface area contributed by atoms with Gasteiger partial charge in [0.1, 0.15) is 0 Å². The van der Waals surface area contributed by atoms with Crippen LogP contribution in [0.25, 0.3) is 0 Å². The van der Waals surface area contributed by atoms with E-state index in [0.29, 0.717) is 10.7 Å². The second-order valence-corrected chi connectivity index (χ2v) is 5.03. The van der Waals surface area contributed by atoms with Crippen molar-refractivity contribution in [3.8, 4) is 0 Å². The number of hydrogen-bond acceptors (Lipinski definition) is 0. The topological polar surface area (TPSA) is 0 Å². The van der Waals surface area contributed by atoms with E-state index in [0.717, 1.165) is 18.4 Å². The van der Waals surface area contributed by atoms with E-state index in [2.05, 4.69) is 29.8 Å². The van der Waals surface area contributed by atoms with Crippen LogP contribution in [0.3, 0.4) is 0 Å². The fourth-order valence-corrected chi connectivity index (χ4v) is 1.76. The third-order valence-electron chi connectivity index (χ3n) is 2.55. The first-order valence-corrected chi connectivity index (χ1v) is 6.04. The predicted molar refractivity (Wildman–Crippen MR) is 62.2 cm³/mol. The van der Waals surface area contributed by atoms with E-state index in [-0.39, 0.29) is 0 Å². The summed E-state index contributed by atoms with van der Waals surface area (Å²) in [5.74, 6) is -1.13. The molecule has 0 bridgehead atoms. The third-order valence-corrected chi connectivity index (χ3v) is 4.10. The lowest BCUT2D eigenvalue weighted by molar-refractivity contribution is 0.501. The zero-order valence-corrected chi connectivity index (χ0v) is 10.5. The average molecular weight is 277 g/mol. The fourth-order valence-electron chi connectivity index (χ4n) is 1.57. The van der Waals surface area contributed by atoms with Crippen LogP contribution in [0.15, 0.2) is 18.2 Å². The summed E-state index contributed by atoms with van der Waals surface area (Å²) in [6.07, 6.45) is 1.80. The van der Waals surface area contributed by atoms with Crippen LogP contribution in [0.2, 0.25) is 0 Å². The quantitative estimate of drug-likeness (QED) is 0.719. The normalized spacial score (nSPS) is 15.0. The molecule has 1 rings (SSSR count). The number of alkyl halides is 1. The maximum absolute atomic E-state index is 12.9. The summed E-state index contributed by atoms with van der Waals surface area (Å²) >= 11 is 3.56. The highest BCUT2D eigenvalue weighted by atomic mass is 79.9. The molecule has 0 aromatic heterocycles. The van der Waals surface area contributed by atoms with E-state index < -0.39 is 11.6 Å². The Morgan fingerprint density at radius 1 is 1.27 bits per heavy atom. The van der Waals surface area contributed by atoms with Gasteiger partial charge in [0.15, 0.2) is 11.6 Å². The molecule has 2 unspecified atom stereocenters. The number of halogens is 3. The standard InChI is InChI=1S/C12H15BrF2/c1-3-10(13)8(2)6-9-4-5-11(14)12(15)7-9/h4-5,7-8,10H,3,6H2,1-2H3. The first kappa shape index (κ1) is 12.6. The Hall–Kier alpha value is -0.440. The van der Waals surface area contributed by atoms with Crippen LogP contribution in [0, 0.1) is 17.6 Å². The molecule has 1 aromatic carbocycles. The van der Waals surface area contributed by atoms with Crippen molar-refractivity contribution in [2.75, 3.05) is 0 Å². The molecular weight excluding hydrogens is 262 g/mol. The third kappa shape index (κ3) is 3.56. The molecule has 0 aliphatic carbocycles. The highest BCUT2D eigenvalue weighted by molar-refractivity contribution is 9.09. The molecule has 15 heavy (non-hydrogen) atoms. The zero-order chi connectivity index (χ0) is 11.4. The van der Waals surface area contributed by atoms with Crippen LogP contribution < -0.4 is 0 Å². The van der Waals surface area contributed by atoms with Gasteiger partial charge in [0.05, 0.1) is 0 Å². The number of hydrogen-bond donors (Lipinski definition) is 0. The molecule has 0 saturated carbocycles. The van der Waals surface area contributed by atoms with Gasteiger partial charge in [-0.05, 0) is 36.5 Å². The van der Waals surface area contributed by atoms with Gasteiger partial charge in [-0.1, -0.05) is 35.8 Å². The molecule has 0 saturated heterocycles. The smallest absolute Gasteiger partial charge is 0.159 e. The van der Waals surface area contributed by atoms with Gasteiger partial charge in [-0.3, -0.25) is 0 Å². The second-order valence-electron chi connectivity index (χ2n) is 3.85. The highest BCUT2D eigenvalue weighted by Gasteiger charge is 2.13. The highest BCUT2D eigenvalue weighted by Crippen LogP contribution is 2.21. The minimum Gasteiger partial charge on any atom is -0.204 e. The molecule has 0 radical (unpaired) electrons. The molecule has 3 heteroatoms. The van der Waals surface area contributed by atoms with E-state index in [1.54, 1.807) is 6.07 Å². The fraction of sp³-hybridized carbons (Fsp3) is 0.500. The van der Waals surface area contributed by atoms with Crippen LogP contribution in [0.5, 0.6) is 0 Å². The Morgan fingerprint density at radius 3 is 2.47 bits per heavy atom. The van der Waals surface area contributed by atoms with Crippen molar-refractivity contribution in [1.82, 2.24) is 0 Å². The lowest BCUT2D eigenvalue weighted by atomic mass is 9.97. The number of benzene rings is 1. The molecule has 0 aliphatic rings. The van der Waals surface area contributed by atoms with Crippen molar-refractivity contribution in [2.24, 2.45) is 5.92 Å². The Morgan fingerprint density at radius 2 is 1.93 bits per heavy atom. The molecule has 0 amide bonds. The molecule has 0 N–H and O–H groups in total. The summed E-state index contributed by atoms with van der Waals surface area (Å²) in [5, 5.41) is 0. The minimum absolute atomic E-state index is 0.417. The Labute approximate surface area is 97.8 Å². The molecule has 0 nitrogen and oxygen atoms in total. The molecule has 0 heterocycles. The van der Waals surface area contributed by atoms with Crippen molar-refractivity contribution in [2.45, 2.75) is 31.5 Å². The van der Waals surface area contributed by atoms with E-state index >= 15 is 0 Å². The summed E-state index contributed by atoms with van der Waals surface area (Å²) in [5.41, 5.74) is 0.847. The summed E-state index contributed by atoms with van der Waals surface area (Å²) in [6.45, 7) is 4.20. The van der Waals surface area contributed by atoms with Crippen LogP contribution in [-0.4, -0.2) is 4.83 Å². The van der Waals surface area contributed by atoms with E-state index in [9.17, 15) is 8.78 Å². The van der Waals surface area contributed by atoms with Crippen molar-refractivity contribution in [1.29, 1.82) is 0 Å². The van der Waals surface area contributed by atoms with Gasteiger partial charge in [0.25, 0.3) is 0 Å². The number of rotatable bonds is 4. The first-order valence-electron chi connectivity index (χ1n) is 5.12. The van der Waals surface area contributed by atoms with Crippen LogP contribution in [0.1, 0.15) is 25.8 Å². The maximum atomic E-state index is 12.9. The van der Waals surface area contributed by atoms with Crippen molar-refractivity contribution in [3.05, 3.63) is 35.4 Å². The monoisotopic (exact) mass is 276 g/mol. The van der Waals surface area contributed by atoms with E-state index in [4.69, 9.17) is 0 Å². The molecule has 0 aliphatic heterocycles. The summed E-state index contributed by atoms with van der Waals surface area (Å²) in [6, 6.07) is 4.11. The molecule has 1 aromatic rings. The zero-order valence-electron chi connectivity index (χ0n) is 8.93. The van der Waals surface area contributed by atoms with Gasteiger partial charge in [-0.2, -0.15) is 0 Å². The van der Waals surface area contributed by atoms with Crippen molar-refractivity contribution >= 4 is 15.9 Å². The second kappa shape index (κ2) is 5.59. The van der Waals surface area contributed by atoms with Gasteiger partial charge in [-0.15, -0.1) is 0 Å². The van der Waals surface area contributed by atoms with Gasteiger partial charge in [0, 0.05) is 4.83 Å². The van der Waals surface area contributed by atoms with Gasteiger partial charge < -0.3 is 0 Å². The van der Waals surface area contributed by atoms with Crippen LogP contribution >= 0.6 is 15.9 Å². The summed E-state index contributed by atoms with van der Waals surface area (Å²) in [4.78, 5) is 0.422. The lowest BCUT2D eigenvalue weighted by Gasteiger charge is -2.16. The Bertz CT molecular complexity index is 325. The SMILES string of the molecule is CCC(Br)C(C)Cc1ccc(F)c(F)c1. The van der Waals surface area contributed by atoms with Crippen LogP contribution in [-0.2, 0) is 6.42 Å². The molecule has 0 fully saturated rings. The first-order chi connectivity index (χ1) is 7.04. The predicted octanol–water partition coefficient (Wildman–Crippen LogP) is 4.32. The van der Waals surface area contributed by atoms with E-state index in [1.165, 1.54) is 12.1 Å². The van der Waals surface area contributed by atoms with Gasteiger partial charge in [-0.25, -0.2) is 8.78 Å². The average Bonchev–Trinajstić information content (AvgIpc) is 2.22. The van der Waals surface area contributed by atoms with E-state index in [1.807, 2.05) is 0 Å². The maximum Gasteiger partial charge on any atom is 0.159 e. The van der Waals surface area contributed by atoms with Crippen molar-refractivity contribution in [3.63, 3.8) is 0 Å². The largest absolute Gasteiger partial charge is 0.204 e. The van der Waals surface area contributed by atoms with Gasteiger partial charge >= 0.3 is 0 Å².